The largest absolute Gasteiger partial charge is 0.468 e. The first-order valence-electron chi connectivity index (χ1n) is 9.69. The van der Waals surface area contributed by atoms with Gasteiger partial charge < -0.3 is 8.83 Å². The number of carbonyl (C=O) groups is 4. The van der Waals surface area contributed by atoms with Crippen molar-refractivity contribution in [1.29, 1.82) is 0 Å². The van der Waals surface area contributed by atoms with Crippen LogP contribution in [0.5, 0.6) is 0 Å². The molecule has 0 saturated carbocycles. The summed E-state index contributed by atoms with van der Waals surface area (Å²) >= 11 is 0. The van der Waals surface area contributed by atoms with Crippen molar-refractivity contribution in [2.45, 2.75) is 24.2 Å². The standard InChI is InChI=1S/C20H18N4O6/c1-21-17(25)11-13(9-5-3-7-29-9)24-16-12(18(26)22(2)20(16)28)14(10-6-4-8-30-10)23(24)15(11)19(21)27/h3-8,11-16H,1-2H3/t11-,12-,13-,14-,15+,16+/m0/s1. The minimum Gasteiger partial charge on any atom is -0.468 e. The minimum absolute atomic E-state index is 0.333. The van der Waals surface area contributed by atoms with Crippen LogP contribution in [-0.4, -0.2) is 69.6 Å². The van der Waals surface area contributed by atoms with Gasteiger partial charge in [0.05, 0.1) is 36.4 Å². The lowest BCUT2D eigenvalue weighted by Gasteiger charge is -2.33. The van der Waals surface area contributed by atoms with Gasteiger partial charge in [0, 0.05) is 14.1 Å². The SMILES string of the molecule is CN1C(=O)[C@@H]2[C@H](C1=O)N1[C@@H](c3ccco3)[C@@H]3C(=O)N(C)C(=O)[C@@H]3N1[C@H]2c1ccco1. The fraction of sp³-hybridized carbons (Fsp3) is 0.400. The third kappa shape index (κ3) is 1.86. The van der Waals surface area contributed by atoms with Gasteiger partial charge in [-0.05, 0) is 24.3 Å². The summed E-state index contributed by atoms with van der Waals surface area (Å²) in [4.78, 5) is 54.6. The van der Waals surface area contributed by atoms with E-state index in [4.69, 9.17) is 8.83 Å². The predicted molar refractivity (Wildman–Crippen MR) is 96.7 cm³/mol. The molecule has 0 aromatic carbocycles. The summed E-state index contributed by atoms with van der Waals surface area (Å²) in [5, 5.41) is 3.44. The fourth-order valence-electron chi connectivity index (χ4n) is 5.59. The molecule has 10 heteroatoms. The van der Waals surface area contributed by atoms with Crippen molar-refractivity contribution >= 4 is 23.6 Å². The molecular weight excluding hydrogens is 392 g/mol. The van der Waals surface area contributed by atoms with Crippen molar-refractivity contribution in [3.05, 3.63) is 48.3 Å². The van der Waals surface area contributed by atoms with Crippen molar-refractivity contribution in [3.8, 4) is 0 Å². The minimum atomic E-state index is -0.843. The van der Waals surface area contributed by atoms with Gasteiger partial charge in [-0.15, -0.1) is 0 Å². The molecule has 30 heavy (non-hydrogen) atoms. The highest BCUT2D eigenvalue weighted by molar-refractivity contribution is 6.10. The van der Waals surface area contributed by atoms with Gasteiger partial charge >= 0.3 is 0 Å². The van der Waals surface area contributed by atoms with Crippen LogP contribution in [0.2, 0.25) is 0 Å². The van der Waals surface area contributed by atoms with Crippen LogP contribution in [0.4, 0.5) is 0 Å². The highest BCUT2D eigenvalue weighted by Crippen LogP contribution is 2.58. The third-order valence-electron chi connectivity index (χ3n) is 6.84. The quantitative estimate of drug-likeness (QED) is 0.645. The molecule has 4 amide bonds. The second-order valence-electron chi connectivity index (χ2n) is 8.09. The highest BCUT2D eigenvalue weighted by Gasteiger charge is 2.73. The molecule has 0 aliphatic carbocycles. The van der Waals surface area contributed by atoms with Gasteiger partial charge in [0.25, 0.3) is 0 Å². The van der Waals surface area contributed by atoms with Crippen LogP contribution in [0.25, 0.3) is 0 Å². The van der Waals surface area contributed by atoms with E-state index >= 15 is 0 Å². The van der Waals surface area contributed by atoms with Crippen LogP contribution in [0.15, 0.2) is 45.6 Å². The topological polar surface area (TPSA) is 108 Å². The van der Waals surface area contributed by atoms with Crippen molar-refractivity contribution in [2.24, 2.45) is 11.8 Å². The van der Waals surface area contributed by atoms with Gasteiger partial charge in [0.2, 0.25) is 23.6 Å². The van der Waals surface area contributed by atoms with Crippen molar-refractivity contribution in [1.82, 2.24) is 19.8 Å². The Morgan fingerprint density at radius 3 is 1.37 bits per heavy atom. The Hall–Kier alpha value is -3.24. The van der Waals surface area contributed by atoms with Crippen LogP contribution in [-0.2, 0) is 19.2 Å². The molecule has 4 aliphatic rings. The molecule has 2 aromatic rings. The molecule has 4 saturated heterocycles. The van der Waals surface area contributed by atoms with E-state index in [1.54, 1.807) is 34.3 Å². The van der Waals surface area contributed by atoms with Crippen molar-refractivity contribution in [2.75, 3.05) is 14.1 Å². The Balaban J connectivity index is 1.59. The number of likely N-dealkylation sites (N-methyl/N-ethyl adjacent to an activating group) is 2. The van der Waals surface area contributed by atoms with E-state index in [9.17, 15) is 19.2 Å². The summed E-state index contributed by atoms with van der Waals surface area (Å²) in [5.41, 5.74) is 0. The maximum atomic E-state index is 13.1. The average molecular weight is 410 g/mol. The number of fused-ring (bicyclic) bond motifs is 5. The summed E-state index contributed by atoms with van der Waals surface area (Å²) in [5.74, 6) is -1.96. The average Bonchev–Trinajstić information content (AvgIpc) is 3.54. The van der Waals surface area contributed by atoms with E-state index in [-0.39, 0.29) is 23.6 Å². The Morgan fingerprint density at radius 2 is 1.03 bits per heavy atom. The molecule has 6 atom stereocenters. The van der Waals surface area contributed by atoms with Gasteiger partial charge in [0.15, 0.2) is 0 Å². The van der Waals surface area contributed by atoms with Gasteiger partial charge in [0.1, 0.15) is 23.6 Å². The molecule has 0 spiro atoms. The number of furan rings is 2. The van der Waals surface area contributed by atoms with Crippen LogP contribution in [0, 0.1) is 11.8 Å². The molecule has 2 aromatic heterocycles. The Bertz CT molecular complexity index is 993. The molecule has 6 rings (SSSR count). The summed E-state index contributed by atoms with van der Waals surface area (Å²) in [6.45, 7) is 0. The second-order valence-corrected chi connectivity index (χ2v) is 8.09. The number of hydrogen-bond donors (Lipinski definition) is 0. The number of nitrogens with zero attached hydrogens (tertiary/aromatic N) is 4. The molecule has 4 aliphatic heterocycles. The molecule has 6 heterocycles. The summed E-state index contributed by atoms with van der Waals surface area (Å²) in [6, 6.07) is 3.80. The lowest BCUT2D eigenvalue weighted by molar-refractivity contribution is -0.152. The van der Waals surface area contributed by atoms with E-state index in [2.05, 4.69) is 0 Å². The second kappa shape index (κ2) is 5.67. The molecule has 0 radical (unpaired) electrons. The van der Waals surface area contributed by atoms with E-state index in [0.717, 1.165) is 9.80 Å². The lowest BCUT2D eigenvalue weighted by atomic mass is 9.87. The summed E-state index contributed by atoms with van der Waals surface area (Å²) in [7, 11) is 2.91. The molecule has 0 unspecified atom stereocenters. The molecule has 154 valence electrons. The first-order chi connectivity index (χ1) is 14.4. The van der Waals surface area contributed by atoms with E-state index in [0.29, 0.717) is 11.5 Å². The van der Waals surface area contributed by atoms with Gasteiger partial charge in [-0.1, -0.05) is 0 Å². The zero-order valence-electron chi connectivity index (χ0n) is 16.2. The number of hydrazine groups is 1. The monoisotopic (exact) mass is 410 g/mol. The Labute approximate surface area is 170 Å². The normalized spacial score (nSPS) is 36.2. The maximum absolute atomic E-state index is 13.1. The molecule has 0 N–H and O–H groups in total. The molecular formula is C20H18N4O6. The van der Waals surface area contributed by atoms with E-state index in [1.807, 2.05) is 0 Å². The number of amides is 4. The molecule has 4 fully saturated rings. The first-order valence-corrected chi connectivity index (χ1v) is 9.69. The van der Waals surface area contributed by atoms with Crippen LogP contribution in [0.3, 0.4) is 0 Å². The van der Waals surface area contributed by atoms with Gasteiger partial charge in [-0.25, -0.2) is 10.0 Å². The fourth-order valence-corrected chi connectivity index (χ4v) is 5.59. The number of carbonyl (C=O) groups excluding carboxylic acids is 4. The lowest BCUT2D eigenvalue weighted by Crippen LogP contribution is -2.49. The van der Waals surface area contributed by atoms with Gasteiger partial charge in [-0.2, -0.15) is 0 Å². The Morgan fingerprint density at radius 1 is 0.633 bits per heavy atom. The van der Waals surface area contributed by atoms with Crippen LogP contribution >= 0.6 is 0 Å². The summed E-state index contributed by atoms with van der Waals surface area (Å²) < 4.78 is 11.3. The van der Waals surface area contributed by atoms with Crippen molar-refractivity contribution < 1.29 is 28.0 Å². The third-order valence-corrected chi connectivity index (χ3v) is 6.84. The molecule has 10 nitrogen and oxygen atoms in total. The number of hydrogen-bond acceptors (Lipinski definition) is 8. The van der Waals surface area contributed by atoms with Gasteiger partial charge in [-0.3, -0.25) is 29.0 Å². The predicted octanol–water partition coefficient (Wildman–Crippen LogP) is 0.168. The first kappa shape index (κ1) is 17.6. The zero-order chi connectivity index (χ0) is 20.9. The van der Waals surface area contributed by atoms with Crippen molar-refractivity contribution in [3.63, 3.8) is 0 Å². The highest BCUT2D eigenvalue weighted by atomic mass is 16.3. The zero-order valence-corrected chi connectivity index (χ0v) is 16.2. The summed E-state index contributed by atoms with van der Waals surface area (Å²) in [6.07, 6.45) is 2.98. The maximum Gasteiger partial charge on any atom is 0.248 e. The van der Waals surface area contributed by atoms with E-state index in [1.165, 1.54) is 26.6 Å². The smallest absolute Gasteiger partial charge is 0.248 e. The van der Waals surface area contributed by atoms with E-state index < -0.39 is 36.0 Å². The van der Waals surface area contributed by atoms with Crippen LogP contribution < -0.4 is 0 Å². The number of rotatable bonds is 2. The molecule has 0 bridgehead atoms. The number of likely N-dealkylation sites (tertiary alicyclic amines) is 2. The van der Waals surface area contributed by atoms with Crippen LogP contribution in [0.1, 0.15) is 23.6 Å². The Kier molecular flexibility index (Phi) is 3.33. The number of imide groups is 2.